The van der Waals surface area contributed by atoms with E-state index in [1.807, 2.05) is 31.5 Å². The van der Waals surface area contributed by atoms with Gasteiger partial charge in [-0.05, 0) is 43.1 Å². The summed E-state index contributed by atoms with van der Waals surface area (Å²) in [6.45, 7) is 3.29. The van der Waals surface area contributed by atoms with Crippen LogP contribution in [0.2, 0.25) is 0 Å². The molecular formula is C16H18N2O3. The molecule has 21 heavy (non-hydrogen) atoms. The Morgan fingerprint density at radius 2 is 2.00 bits per heavy atom. The zero-order chi connectivity index (χ0) is 14.7. The molecule has 0 bridgehead atoms. The summed E-state index contributed by atoms with van der Waals surface area (Å²) in [6.07, 6.45) is 4.37. The highest BCUT2D eigenvalue weighted by Gasteiger charge is 2.17. The predicted molar refractivity (Wildman–Crippen MR) is 78.6 cm³/mol. The van der Waals surface area contributed by atoms with Gasteiger partial charge in [-0.25, -0.2) is 0 Å². The minimum atomic E-state index is 0.253. The first-order valence-corrected chi connectivity index (χ1v) is 6.92. The highest BCUT2D eigenvalue weighted by Crippen LogP contribution is 2.38. The van der Waals surface area contributed by atoms with Crippen molar-refractivity contribution in [3.63, 3.8) is 0 Å². The van der Waals surface area contributed by atoms with Crippen LogP contribution in [0.5, 0.6) is 17.2 Å². The molecule has 110 valence electrons. The molecule has 0 radical (unpaired) electrons. The topological polar surface area (TPSA) is 66.6 Å². The van der Waals surface area contributed by atoms with E-state index in [9.17, 15) is 0 Å². The molecule has 1 aliphatic heterocycles. The molecule has 0 unspecified atom stereocenters. The van der Waals surface area contributed by atoms with Crippen LogP contribution in [0.15, 0.2) is 30.6 Å². The Labute approximate surface area is 123 Å². The number of nitrogens with zero attached hydrogens (tertiary/aromatic N) is 1. The van der Waals surface area contributed by atoms with E-state index < -0.39 is 0 Å². The summed E-state index contributed by atoms with van der Waals surface area (Å²) in [5, 5.41) is 0. The van der Waals surface area contributed by atoms with Crippen molar-refractivity contribution in [2.75, 3.05) is 13.3 Å². The lowest BCUT2D eigenvalue weighted by Gasteiger charge is -2.12. The normalized spacial score (nSPS) is 12.5. The number of hydrogen-bond acceptors (Lipinski definition) is 5. The van der Waals surface area contributed by atoms with Gasteiger partial charge in [-0.3, -0.25) is 4.98 Å². The van der Waals surface area contributed by atoms with E-state index in [1.54, 1.807) is 0 Å². The maximum Gasteiger partial charge on any atom is 0.231 e. The number of nitrogens with two attached hydrogens (primary N) is 1. The van der Waals surface area contributed by atoms with E-state index in [0.717, 1.165) is 34.6 Å². The van der Waals surface area contributed by atoms with Crippen molar-refractivity contribution < 1.29 is 14.2 Å². The lowest BCUT2D eigenvalue weighted by atomic mass is 10.1. The Balaban J connectivity index is 1.80. The third kappa shape index (κ3) is 3.08. The van der Waals surface area contributed by atoms with E-state index in [-0.39, 0.29) is 6.79 Å². The number of fused-ring (bicyclic) bond motifs is 1. The number of aromatic nitrogens is 1. The second-order valence-corrected chi connectivity index (χ2v) is 5.01. The van der Waals surface area contributed by atoms with Gasteiger partial charge in [0.05, 0.1) is 0 Å². The summed E-state index contributed by atoms with van der Waals surface area (Å²) in [6, 6.07) is 5.87. The molecule has 2 N–H and O–H groups in total. The number of aryl methyl sites for hydroxylation is 1. The highest BCUT2D eigenvalue weighted by atomic mass is 16.7. The molecule has 1 aromatic carbocycles. The SMILES string of the molecule is Cc1cncc(COc2cc3c(cc2CCN)OCO3)c1. The summed E-state index contributed by atoms with van der Waals surface area (Å²) < 4.78 is 16.7. The lowest BCUT2D eigenvalue weighted by molar-refractivity contribution is 0.173. The molecule has 2 aromatic rings. The quantitative estimate of drug-likeness (QED) is 0.912. The van der Waals surface area contributed by atoms with Gasteiger partial charge in [-0.15, -0.1) is 0 Å². The fourth-order valence-electron chi connectivity index (χ4n) is 2.31. The summed E-state index contributed by atoms with van der Waals surface area (Å²) in [7, 11) is 0. The number of hydrogen-bond donors (Lipinski definition) is 1. The van der Waals surface area contributed by atoms with Crippen molar-refractivity contribution in [1.29, 1.82) is 0 Å². The highest BCUT2D eigenvalue weighted by molar-refractivity contribution is 5.52. The van der Waals surface area contributed by atoms with Gasteiger partial charge in [0, 0.05) is 24.0 Å². The predicted octanol–water partition coefficient (Wildman–Crippen LogP) is 2.20. The van der Waals surface area contributed by atoms with Crippen LogP contribution in [0.1, 0.15) is 16.7 Å². The Hall–Kier alpha value is -2.27. The maximum absolute atomic E-state index is 5.92. The van der Waals surface area contributed by atoms with Crippen LogP contribution in [0, 0.1) is 6.92 Å². The average Bonchev–Trinajstić information content (AvgIpc) is 2.92. The third-order valence-electron chi connectivity index (χ3n) is 3.30. The number of pyridine rings is 1. The second-order valence-electron chi connectivity index (χ2n) is 5.01. The molecule has 5 heteroatoms. The first-order chi connectivity index (χ1) is 10.3. The monoisotopic (exact) mass is 286 g/mol. The van der Waals surface area contributed by atoms with Gasteiger partial charge < -0.3 is 19.9 Å². The molecule has 0 atom stereocenters. The van der Waals surface area contributed by atoms with Crippen LogP contribution in [-0.2, 0) is 13.0 Å². The standard InChI is InChI=1S/C16H18N2O3/c1-11-4-12(8-18-7-11)9-19-14-6-16-15(20-10-21-16)5-13(14)2-3-17/h4-8H,2-3,9-10,17H2,1H3. The van der Waals surface area contributed by atoms with Crippen LogP contribution >= 0.6 is 0 Å². The molecule has 1 aliphatic rings. The van der Waals surface area contributed by atoms with Crippen LogP contribution < -0.4 is 19.9 Å². The van der Waals surface area contributed by atoms with Crippen molar-refractivity contribution in [2.45, 2.75) is 20.0 Å². The summed E-state index contributed by atoms with van der Waals surface area (Å²) >= 11 is 0. The number of ether oxygens (including phenoxy) is 3. The molecule has 3 rings (SSSR count). The minimum Gasteiger partial charge on any atom is -0.488 e. The van der Waals surface area contributed by atoms with Crippen molar-refractivity contribution in [1.82, 2.24) is 4.98 Å². The molecular weight excluding hydrogens is 268 g/mol. The van der Waals surface area contributed by atoms with Gasteiger partial charge in [-0.1, -0.05) is 0 Å². The molecule has 0 saturated carbocycles. The zero-order valence-corrected chi connectivity index (χ0v) is 12.0. The Bertz CT molecular complexity index is 643. The zero-order valence-electron chi connectivity index (χ0n) is 12.0. The van der Waals surface area contributed by atoms with E-state index in [4.69, 9.17) is 19.9 Å². The van der Waals surface area contributed by atoms with Crippen LogP contribution in [-0.4, -0.2) is 18.3 Å². The van der Waals surface area contributed by atoms with E-state index in [2.05, 4.69) is 11.1 Å². The second kappa shape index (κ2) is 6.01. The summed E-state index contributed by atoms with van der Waals surface area (Å²) in [5.41, 5.74) is 8.84. The molecule has 2 heterocycles. The summed E-state index contributed by atoms with van der Waals surface area (Å²) in [5.74, 6) is 2.25. The fraction of sp³-hybridized carbons (Fsp3) is 0.312. The maximum atomic E-state index is 5.92. The molecule has 5 nitrogen and oxygen atoms in total. The van der Waals surface area contributed by atoms with Gasteiger partial charge >= 0.3 is 0 Å². The smallest absolute Gasteiger partial charge is 0.231 e. The lowest BCUT2D eigenvalue weighted by Crippen LogP contribution is -2.06. The third-order valence-corrected chi connectivity index (χ3v) is 3.30. The van der Waals surface area contributed by atoms with Gasteiger partial charge in [-0.2, -0.15) is 0 Å². The van der Waals surface area contributed by atoms with E-state index in [1.165, 1.54) is 0 Å². The molecule has 0 amide bonds. The molecule has 0 fully saturated rings. The van der Waals surface area contributed by atoms with Crippen molar-refractivity contribution >= 4 is 0 Å². The van der Waals surface area contributed by atoms with Crippen LogP contribution in [0.25, 0.3) is 0 Å². The van der Waals surface area contributed by atoms with Gasteiger partial charge in [0.25, 0.3) is 0 Å². The van der Waals surface area contributed by atoms with Gasteiger partial charge in [0.15, 0.2) is 11.5 Å². The Morgan fingerprint density at radius 3 is 2.76 bits per heavy atom. The largest absolute Gasteiger partial charge is 0.488 e. The Morgan fingerprint density at radius 1 is 1.19 bits per heavy atom. The van der Waals surface area contributed by atoms with Crippen molar-refractivity contribution in [3.05, 3.63) is 47.3 Å². The van der Waals surface area contributed by atoms with Gasteiger partial charge in [0.2, 0.25) is 6.79 Å². The molecule has 0 saturated heterocycles. The number of benzene rings is 1. The average molecular weight is 286 g/mol. The van der Waals surface area contributed by atoms with Crippen molar-refractivity contribution in [2.24, 2.45) is 5.73 Å². The molecule has 0 spiro atoms. The van der Waals surface area contributed by atoms with Gasteiger partial charge in [0.1, 0.15) is 12.4 Å². The first kappa shape index (κ1) is 13.7. The molecule has 1 aromatic heterocycles. The minimum absolute atomic E-state index is 0.253. The van der Waals surface area contributed by atoms with Crippen LogP contribution in [0.4, 0.5) is 0 Å². The Kier molecular flexibility index (Phi) is 3.92. The number of rotatable bonds is 5. The van der Waals surface area contributed by atoms with E-state index >= 15 is 0 Å². The van der Waals surface area contributed by atoms with E-state index in [0.29, 0.717) is 18.9 Å². The van der Waals surface area contributed by atoms with Crippen molar-refractivity contribution in [3.8, 4) is 17.2 Å². The summed E-state index contributed by atoms with van der Waals surface area (Å²) in [4.78, 5) is 4.17. The fourth-order valence-corrected chi connectivity index (χ4v) is 2.31. The first-order valence-electron chi connectivity index (χ1n) is 6.92. The molecule has 0 aliphatic carbocycles. The van der Waals surface area contributed by atoms with Crippen LogP contribution in [0.3, 0.4) is 0 Å².